The molecule has 4 nitrogen and oxygen atoms in total. The standard InChI is InChI=1S/C38H25BN2O2/c1-3-14-25(15-4-1)40-30-21-11-9-19-28(30)33-37(40)42-32-23-24-13-7-8-18-27(24)36-35(32)39(33)34-29-20-10-12-22-31(29)41(38(34)43-36)26-16-5-2-6-17-26/h1-23,34,38H. The maximum Gasteiger partial charge on any atom is 0.240 e. The molecular formula is C38H25BN2O2. The molecule has 0 bridgehead atoms. The Labute approximate surface area is 249 Å². The van der Waals surface area contributed by atoms with Gasteiger partial charge in [-0.3, -0.25) is 4.57 Å². The lowest BCUT2D eigenvalue weighted by Crippen LogP contribution is -2.59. The van der Waals surface area contributed by atoms with Gasteiger partial charge in [0.05, 0.1) is 5.52 Å². The van der Waals surface area contributed by atoms with Crippen LogP contribution in [0, 0.1) is 0 Å². The average molecular weight is 552 g/mol. The van der Waals surface area contributed by atoms with Crippen LogP contribution in [0.15, 0.2) is 140 Å². The Morgan fingerprint density at radius 2 is 1.28 bits per heavy atom. The summed E-state index contributed by atoms with van der Waals surface area (Å²) in [5.74, 6) is 2.75. The smallest absolute Gasteiger partial charge is 0.240 e. The Morgan fingerprint density at radius 1 is 0.605 bits per heavy atom. The number of rotatable bonds is 2. The zero-order chi connectivity index (χ0) is 28.1. The van der Waals surface area contributed by atoms with Crippen LogP contribution < -0.4 is 25.3 Å². The van der Waals surface area contributed by atoms with E-state index in [0.29, 0.717) is 0 Å². The second-order valence-corrected chi connectivity index (χ2v) is 11.6. The number of hydrogen-bond acceptors (Lipinski definition) is 3. The van der Waals surface area contributed by atoms with Gasteiger partial charge in [-0.25, -0.2) is 0 Å². The van der Waals surface area contributed by atoms with Crippen molar-refractivity contribution in [3.63, 3.8) is 0 Å². The van der Waals surface area contributed by atoms with Crippen LogP contribution >= 0.6 is 0 Å². The maximum absolute atomic E-state index is 7.22. The van der Waals surface area contributed by atoms with E-state index in [-0.39, 0.29) is 18.8 Å². The first-order chi connectivity index (χ1) is 21.4. The number of anilines is 2. The maximum atomic E-state index is 7.22. The van der Waals surface area contributed by atoms with Crippen LogP contribution in [0.5, 0.6) is 17.4 Å². The van der Waals surface area contributed by atoms with Gasteiger partial charge >= 0.3 is 0 Å². The number of aromatic nitrogens is 1. The lowest BCUT2D eigenvalue weighted by Gasteiger charge is -2.41. The first-order valence-corrected chi connectivity index (χ1v) is 14.9. The summed E-state index contributed by atoms with van der Waals surface area (Å²) in [6, 6.07) is 49.5. The van der Waals surface area contributed by atoms with Crippen molar-refractivity contribution in [1.82, 2.24) is 4.57 Å². The fourth-order valence-corrected chi connectivity index (χ4v) is 7.80. The minimum absolute atomic E-state index is 0.0295. The summed E-state index contributed by atoms with van der Waals surface area (Å²) in [6.07, 6.45) is -0.222. The van der Waals surface area contributed by atoms with Crippen LogP contribution in [0.2, 0.25) is 0 Å². The van der Waals surface area contributed by atoms with Crippen LogP contribution in [-0.4, -0.2) is 17.5 Å². The van der Waals surface area contributed by atoms with Gasteiger partial charge in [-0.15, -0.1) is 0 Å². The molecule has 6 aromatic carbocycles. The van der Waals surface area contributed by atoms with E-state index in [2.05, 4.69) is 149 Å². The highest BCUT2D eigenvalue weighted by atomic mass is 16.5. The Morgan fingerprint density at radius 3 is 2.12 bits per heavy atom. The SMILES string of the molecule is c1ccc(N2c3ccccc3C3B4c5c(cc6ccccc6c5OC32)Oc2c4c3ccccc3n2-c2ccccc2)cc1. The molecule has 10 rings (SSSR count). The number of benzene rings is 6. The zero-order valence-corrected chi connectivity index (χ0v) is 23.2. The molecule has 0 fully saturated rings. The van der Waals surface area contributed by atoms with E-state index in [0.717, 1.165) is 50.5 Å². The van der Waals surface area contributed by atoms with E-state index in [9.17, 15) is 0 Å². The third-order valence-corrected chi connectivity index (χ3v) is 9.46. The van der Waals surface area contributed by atoms with Gasteiger partial charge in [0.15, 0.2) is 6.23 Å². The van der Waals surface area contributed by atoms with Crippen molar-refractivity contribution in [2.45, 2.75) is 12.0 Å². The van der Waals surface area contributed by atoms with Crippen molar-refractivity contribution in [3.05, 3.63) is 145 Å². The van der Waals surface area contributed by atoms with Gasteiger partial charge in [0.1, 0.15) is 11.5 Å². The molecule has 3 aliphatic rings. The molecule has 202 valence electrons. The monoisotopic (exact) mass is 552 g/mol. The van der Waals surface area contributed by atoms with Crippen LogP contribution in [0.25, 0.3) is 27.4 Å². The molecule has 7 aromatic rings. The minimum Gasteiger partial charge on any atom is -0.470 e. The normalized spacial score (nSPS) is 17.6. The summed E-state index contributed by atoms with van der Waals surface area (Å²) < 4.78 is 16.5. The molecule has 0 radical (unpaired) electrons. The van der Waals surface area contributed by atoms with Crippen molar-refractivity contribution in [2.24, 2.45) is 0 Å². The van der Waals surface area contributed by atoms with Gasteiger partial charge in [0.2, 0.25) is 12.6 Å². The van der Waals surface area contributed by atoms with Crippen LogP contribution in [-0.2, 0) is 0 Å². The van der Waals surface area contributed by atoms with Crippen molar-refractivity contribution in [3.8, 4) is 23.1 Å². The number of fused-ring (bicyclic) bond motifs is 10. The molecule has 43 heavy (non-hydrogen) atoms. The summed E-state index contributed by atoms with van der Waals surface area (Å²) in [5.41, 5.74) is 8.24. The van der Waals surface area contributed by atoms with Gasteiger partial charge in [-0.05, 0) is 64.3 Å². The average Bonchev–Trinajstić information content (AvgIpc) is 3.58. The highest BCUT2D eigenvalue weighted by molar-refractivity contribution is 6.91. The third kappa shape index (κ3) is 3.06. The summed E-state index contributed by atoms with van der Waals surface area (Å²) in [4.78, 5) is 2.40. The topological polar surface area (TPSA) is 26.6 Å². The van der Waals surface area contributed by atoms with Crippen molar-refractivity contribution in [2.75, 3.05) is 4.90 Å². The number of hydrogen-bond donors (Lipinski definition) is 0. The molecule has 5 heteroatoms. The first-order valence-electron chi connectivity index (χ1n) is 14.9. The second kappa shape index (κ2) is 8.56. The summed E-state index contributed by atoms with van der Waals surface area (Å²) in [5, 5.41) is 3.45. The lowest BCUT2D eigenvalue weighted by molar-refractivity contribution is 0.208. The fourth-order valence-electron chi connectivity index (χ4n) is 7.80. The van der Waals surface area contributed by atoms with Crippen molar-refractivity contribution >= 4 is 50.7 Å². The summed E-state index contributed by atoms with van der Waals surface area (Å²) >= 11 is 0. The van der Waals surface area contributed by atoms with Gasteiger partial charge in [0.25, 0.3) is 0 Å². The molecule has 0 aliphatic carbocycles. The number of nitrogens with zero attached hydrogens (tertiary/aromatic N) is 2. The quantitative estimate of drug-likeness (QED) is 0.206. The Hall–Kier alpha value is -5.42. The minimum atomic E-state index is -0.222. The van der Waals surface area contributed by atoms with E-state index in [1.54, 1.807) is 0 Å². The summed E-state index contributed by atoms with van der Waals surface area (Å²) in [7, 11) is 0. The van der Waals surface area contributed by atoms with Gasteiger partial charge < -0.3 is 14.4 Å². The molecule has 2 unspecified atom stereocenters. The lowest BCUT2D eigenvalue weighted by atomic mass is 9.30. The van der Waals surface area contributed by atoms with E-state index in [1.165, 1.54) is 22.1 Å². The molecule has 0 saturated carbocycles. The predicted molar refractivity (Wildman–Crippen MR) is 174 cm³/mol. The molecule has 0 spiro atoms. The Bertz CT molecular complexity index is 2230. The highest BCUT2D eigenvalue weighted by Gasteiger charge is 2.56. The van der Waals surface area contributed by atoms with Crippen LogP contribution in [0.3, 0.4) is 0 Å². The van der Waals surface area contributed by atoms with E-state index in [1.807, 2.05) is 0 Å². The molecule has 0 N–H and O–H groups in total. The number of para-hydroxylation sites is 4. The van der Waals surface area contributed by atoms with Crippen LogP contribution in [0.1, 0.15) is 11.4 Å². The Kier molecular flexibility index (Phi) is 4.61. The number of ether oxygens (including phenoxy) is 2. The van der Waals surface area contributed by atoms with E-state index in [4.69, 9.17) is 9.47 Å². The molecule has 4 heterocycles. The molecule has 0 saturated heterocycles. The van der Waals surface area contributed by atoms with E-state index < -0.39 is 0 Å². The molecular weight excluding hydrogens is 527 g/mol. The van der Waals surface area contributed by atoms with Crippen LogP contribution in [0.4, 0.5) is 11.4 Å². The molecule has 0 amide bonds. The molecule has 3 aliphatic heterocycles. The summed E-state index contributed by atoms with van der Waals surface area (Å²) in [6.45, 7) is 0.0295. The first kappa shape index (κ1) is 23.2. The largest absolute Gasteiger partial charge is 0.470 e. The second-order valence-electron chi connectivity index (χ2n) is 11.6. The van der Waals surface area contributed by atoms with Gasteiger partial charge in [0, 0.05) is 33.7 Å². The highest BCUT2D eigenvalue weighted by Crippen LogP contribution is 2.53. The zero-order valence-electron chi connectivity index (χ0n) is 23.2. The van der Waals surface area contributed by atoms with Gasteiger partial charge in [-0.2, -0.15) is 0 Å². The Balaban J connectivity index is 1.33. The van der Waals surface area contributed by atoms with Crippen molar-refractivity contribution < 1.29 is 9.47 Å². The molecule has 1 aromatic heterocycles. The predicted octanol–water partition coefficient (Wildman–Crippen LogP) is 7.69. The van der Waals surface area contributed by atoms with Gasteiger partial charge in [-0.1, -0.05) is 97.1 Å². The van der Waals surface area contributed by atoms with Crippen molar-refractivity contribution in [1.29, 1.82) is 0 Å². The third-order valence-electron chi connectivity index (χ3n) is 9.46. The van der Waals surface area contributed by atoms with E-state index >= 15 is 0 Å². The fraction of sp³-hybridized carbons (Fsp3) is 0.0526. The molecule has 2 atom stereocenters.